The quantitative estimate of drug-likeness (QED) is 0.602. The van der Waals surface area contributed by atoms with Gasteiger partial charge >= 0.3 is 0 Å². The van der Waals surface area contributed by atoms with Crippen molar-refractivity contribution in [2.45, 2.75) is 55.4 Å². The van der Waals surface area contributed by atoms with Crippen molar-refractivity contribution in [2.24, 2.45) is 0 Å². The minimum Gasteiger partial charge on any atom is -0.325 e. The maximum absolute atomic E-state index is 12.8. The molecular weight excluding hydrogens is 380 g/mol. The van der Waals surface area contributed by atoms with Gasteiger partial charge in [0.15, 0.2) is 5.16 Å². The number of aromatic nitrogens is 3. The van der Waals surface area contributed by atoms with Crippen LogP contribution in [0.4, 0.5) is 5.69 Å². The Morgan fingerprint density at radius 3 is 2.69 bits per heavy atom. The van der Waals surface area contributed by atoms with Gasteiger partial charge in [0.1, 0.15) is 5.82 Å². The van der Waals surface area contributed by atoms with Crippen LogP contribution >= 0.6 is 11.8 Å². The molecule has 1 N–H and O–H groups in total. The summed E-state index contributed by atoms with van der Waals surface area (Å²) in [5.74, 6) is 1.47. The molecule has 1 amide bonds. The van der Waals surface area contributed by atoms with Crippen LogP contribution in [-0.2, 0) is 17.6 Å². The molecule has 0 spiro atoms. The molecule has 0 saturated heterocycles. The maximum atomic E-state index is 12.8. The van der Waals surface area contributed by atoms with E-state index in [1.54, 1.807) is 0 Å². The highest BCUT2D eigenvalue weighted by Gasteiger charge is 2.32. The molecule has 2 aliphatic carbocycles. The number of carbonyl (C=O) groups is 1. The summed E-state index contributed by atoms with van der Waals surface area (Å²) < 4.78 is 2.11. The van der Waals surface area contributed by atoms with E-state index in [2.05, 4.69) is 44.3 Å². The lowest BCUT2D eigenvalue weighted by Crippen LogP contribution is -2.23. The summed E-state index contributed by atoms with van der Waals surface area (Å²) in [7, 11) is 0. The van der Waals surface area contributed by atoms with Crippen LogP contribution in [0, 0.1) is 0 Å². The summed E-state index contributed by atoms with van der Waals surface area (Å²) in [6.45, 7) is 1.92. The molecule has 2 aromatic carbocycles. The van der Waals surface area contributed by atoms with E-state index in [1.165, 1.54) is 29.3 Å². The summed E-state index contributed by atoms with van der Waals surface area (Å²) in [6.07, 6.45) is 5.77. The molecule has 1 aromatic heterocycles. The highest BCUT2D eigenvalue weighted by molar-refractivity contribution is 8.00. The van der Waals surface area contributed by atoms with E-state index in [0.717, 1.165) is 48.0 Å². The number of anilines is 1. The van der Waals surface area contributed by atoms with Crippen molar-refractivity contribution in [3.8, 4) is 5.69 Å². The number of hydrogen-bond donors (Lipinski definition) is 1. The van der Waals surface area contributed by atoms with Crippen molar-refractivity contribution in [3.63, 3.8) is 0 Å². The van der Waals surface area contributed by atoms with Crippen molar-refractivity contribution < 1.29 is 4.79 Å². The van der Waals surface area contributed by atoms with Crippen LogP contribution in [0.25, 0.3) is 5.69 Å². The van der Waals surface area contributed by atoms with Crippen LogP contribution in [0.3, 0.4) is 0 Å². The number of rotatable bonds is 6. The Kier molecular flexibility index (Phi) is 4.87. The first-order valence-electron chi connectivity index (χ1n) is 10.3. The molecule has 5 nitrogen and oxygen atoms in total. The molecule has 0 bridgehead atoms. The molecule has 2 aliphatic rings. The Balaban J connectivity index is 1.34. The van der Waals surface area contributed by atoms with Crippen molar-refractivity contribution in [2.75, 3.05) is 5.32 Å². The fraction of sp³-hybridized carbons (Fsp3) is 0.348. The van der Waals surface area contributed by atoms with Gasteiger partial charge < -0.3 is 5.32 Å². The predicted octanol–water partition coefficient (Wildman–Crippen LogP) is 4.75. The number of carbonyl (C=O) groups excluding carboxylic acids is 1. The fourth-order valence-corrected chi connectivity index (χ4v) is 4.76. The lowest BCUT2D eigenvalue weighted by Gasteiger charge is -2.14. The van der Waals surface area contributed by atoms with Gasteiger partial charge in [-0.15, -0.1) is 10.2 Å². The molecule has 1 atom stereocenters. The second-order valence-electron chi connectivity index (χ2n) is 7.87. The summed E-state index contributed by atoms with van der Waals surface area (Å²) in [5.41, 5.74) is 4.70. The Hall–Kier alpha value is -2.60. The number of nitrogens with one attached hydrogen (secondary N) is 1. The molecule has 0 radical (unpaired) electrons. The van der Waals surface area contributed by atoms with Crippen LogP contribution < -0.4 is 5.32 Å². The minimum absolute atomic E-state index is 0.0106. The number of benzene rings is 2. The number of thioether (sulfide) groups is 1. The smallest absolute Gasteiger partial charge is 0.237 e. The number of fused-ring (bicyclic) bond motifs is 1. The SMILES string of the molecule is CC(Sc1nnc(C2CC2)n1-c1ccccc1)C(=O)Nc1ccc2c(c1)CCC2. The molecule has 3 aromatic rings. The van der Waals surface area contributed by atoms with Crippen LogP contribution in [0.15, 0.2) is 53.7 Å². The van der Waals surface area contributed by atoms with E-state index < -0.39 is 0 Å². The Bertz CT molecular complexity index is 1040. The zero-order chi connectivity index (χ0) is 19.8. The molecular formula is C23H24N4OS. The van der Waals surface area contributed by atoms with Crippen molar-refractivity contribution >= 4 is 23.4 Å². The Labute approximate surface area is 174 Å². The van der Waals surface area contributed by atoms with Crippen molar-refractivity contribution in [1.82, 2.24) is 14.8 Å². The predicted molar refractivity (Wildman–Crippen MR) is 116 cm³/mol. The fourth-order valence-electron chi connectivity index (χ4n) is 3.89. The standard InChI is InChI=1S/C23H24N4OS/c1-15(22(28)24-19-13-12-16-6-5-7-18(16)14-19)29-23-26-25-21(17-10-11-17)27(23)20-8-3-2-4-9-20/h2-4,8-9,12-15,17H,5-7,10-11H2,1H3,(H,24,28). The summed E-state index contributed by atoms with van der Waals surface area (Å²) >= 11 is 1.46. The first kappa shape index (κ1) is 18.4. The van der Waals surface area contributed by atoms with Gasteiger partial charge in [0.2, 0.25) is 5.91 Å². The highest BCUT2D eigenvalue weighted by atomic mass is 32.2. The molecule has 1 unspecified atom stereocenters. The van der Waals surface area contributed by atoms with Crippen LogP contribution in [-0.4, -0.2) is 25.9 Å². The van der Waals surface area contributed by atoms with Crippen LogP contribution in [0.5, 0.6) is 0 Å². The zero-order valence-corrected chi connectivity index (χ0v) is 17.3. The van der Waals surface area contributed by atoms with Crippen LogP contribution in [0.2, 0.25) is 0 Å². The number of hydrogen-bond acceptors (Lipinski definition) is 4. The van der Waals surface area contributed by atoms with E-state index in [-0.39, 0.29) is 11.2 Å². The molecule has 5 rings (SSSR count). The molecule has 1 saturated carbocycles. The van der Waals surface area contributed by atoms with Gasteiger partial charge in [-0.05, 0) is 74.4 Å². The molecule has 1 heterocycles. The molecule has 148 valence electrons. The maximum Gasteiger partial charge on any atom is 0.237 e. The number of nitrogens with zero attached hydrogens (tertiary/aromatic N) is 3. The summed E-state index contributed by atoms with van der Waals surface area (Å²) in [5, 5.41) is 12.4. The largest absolute Gasteiger partial charge is 0.325 e. The Morgan fingerprint density at radius 2 is 1.90 bits per heavy atom. The van der Waals surface area contributed by atoms with E-state index in [1.807, 2.05) is 31.2 Å². The minimum atomic E-state index is -0.276. The van der Waals surface area contributed by atoms with Gasteiger partial charge in [0.25, 0.3) is 0 Å². The number of amides is 1. The first-order chi connectivity index (χ1) is 14.2. The van der Waals surface area contributed by atoms with E-state index >= 15 is 0 Å². The van der Waals surface area contributed by atoms with Gasteiger partial charge in [-0.1, -0.05) is 36.0 Å². The zero-order valence-electron chi connectivity index (χ0n) is 16.5. The normalized spacial score (nSPS) is 16.4. The van der Waals surface area contributed by atoms with Crippen LogP contribution in [0.1, 0.15) is 49.1 Å². The lowest BCUT2D eigenvalue weighted by atomic mass is 10.1. The van der Waals surface area contributed by atoms with Gasteiger partial charge in [-0.3, -0.25) is 9.36 Å². The second-order valence-corrected chi connectivity index (χ2v) is 9.18. The second kappa shape index (κ2) is 7.67. The Morgan fingerprint density at radius 1 is 1.10 bits per heavy atom. The average molecular weight is 405 g/mol. The number of aryl methyl sites for hydroxylation is 2. The van der Waals surface area contributed by atoms with Gasteiger partial charge in [-0.25, -0.2) is 0 Å². The van der Waals surface area contributed by atoms with Gasteiger partial charge in [0.05, 0.1) is 5.25 Å². The van der Waals surface area contributed by atoms with Gasteiger partial charge in [-0.2, -0.15) is 0 Å². The third-order valence-electron chi connectivity index (χ3n) is 5.63. The molecule has 1 fully saturated rings. The van der Waals surface area contributed by atoms with Crippen molar-refractivity contribution in [3.05, 3.63) is 65.5 Å². The van der Waals surface area contributed by atoms with E-state index in [9.17, 15) is 4.79 Å². The lowest BCUT2D eigenvalue weighted by molar-refractivity contribution is -0.115. The third kappa shape index (κ3) is 3.81. The molecule has 0 aliphatic heterocycles. The average Bonchev–Trinajstić information content (AvgIpc) is 3.33. The first-order valence-corrected chi connectivity index (χ1v) is 11.2. The van der Waals surface area contributed by atoms with Gasteiger partial charge in [0, 0.05) is 17.3 Å². The molecule has 6 heteroatoms. The molecule has 29 heavy (non-hydrogen) atoms. The third-order valence-corrected chi connectivity index (χ3v) is 6.68. The number of para-hydroxylation sites is 1. The van der Waals surface area contributed by atoms with Crippen molar-refractivity contribution in [1.29, 1.82) is 0 Å². The topological polar surface area (TPSA) is 59.8 Å². The van der Waals surface area contributed by atoms with E-state index in [0.29, 0.717) is 5.92 Å². The monoisotopic (exact) mass is 404 g/mol. The highest BCUT2D eigenvalue weighted by Crippen LogP contribution is 2.41. The summed E-state index contributed by atoms with van der Waals surface area (Å²) in [4.78, 5) is 12.8. The summed E-state index contributed by atoms with van der Waals surface area (Å²) in [6, 6.07) is 16.4. The van der Waals surface area contributed by atoms with E-state index in [4.69, 9.17) is 0 Å².